The van der Waals surface area contributed by atoms with Crippen LogP contribution in [0.3, 0.4) is 0 Å². The first-order valence-corrected chi connectivity index (χ1v) is 6.15. The molecule has 19 heavy (non-hydrogen) atoms. The summed E-state index contributed by atoms with van der Waals surface area (Å²) in [7, 11) is 3.63. The maximum atomic E-state index is 12.0. The lowest BCUT2D eigenvalue weighted by molar-refractivity contribution is -0.0459. The summed E-state index contributed by atoms with van der Waals surface area (Å²) >= 11 is 0. The molecule has 2 rings (SSSR count). The standard InChI is InChI=1S/C12H19N3O4/c1-7-5-15(12(18)13-11(7)14(2)3)10-4-8(17)9(6-16)19-10/h5,8-10,16-17H,4,6H2,1-3H3/t8-,9+,10+/m0/s1. The van der Waals surface area contributed by atoms with Crippen molar-refractivity contribution in [3.05, 3.63) is 22.2 Å². The van der Waals surface area contributed by atoms with Crippen LogP contribution >= 0.6 is 0 Å². The third-order valence-electron chi connectivity index (χ3n) is 3.23. The van der Waals surface area contributed by atoms with Crippen LogP contribution in [0.15, 0.2) is 11.0 Å². The Morgan fingerprint density at radius 3 is 2.79 bits per heavy atom. The summed E-state index contributed by atoms with van der Waals surface area (Å²) in [5.74, 6) is 0.610. The number of aromatic nitrogens is 2. The van der Waals surface area contributed by atoms with Crippen molar-refractivity contribution >= 4 is 5.82 Å². The predicted molar refractivity (Wildman–Crippen MR) is 69.2 cm³/mol. The van der Waals surface area contributed by atoms with Gasteiger partial charge in [0.15, 0.2) is 0 Å². The van der Waals surface area contributed by atoms with Crippen molar-refractivity contribution in [3.63, 3.8) is 0 Å². The molecule has 1 aromatic rings. The fourth-order valence-electron chi connectivity index (χ4n) is 2.27. The minimum absolute atomic E-state index is 0.269. The molecule has 7 heteroatoms. The van der Waals surface area contributed by atoms with Gasteiger partial charge in [0.2, 0.25) is 0 Å². The summed E-state index contributed by atoms with van der Waals surface area (Å²) in [5.41, 5.74) is 0.417. The third kappa shape index (κ3) is 2.63. The predicted octanol–water partition coefficient (Wildman–Crippen LogP) is -0.742. The molecule has 2 heterocycles. The molecule has 0 spiro atoms. The molecule has 1 aromatic heterocycles. The summed E-state index contributed by atoms with van der Waals surface area (Å²) in [4.78, 5) is 17.8. The number of anilines is 1. The van der Waals surface area contributed by atoms with Gasteiger partial charge in [-0.05, 0) is 6.92 Å². The molecular weight excluding hydrogens is 250 g/mol. The first-order chi connectivity index (χ1) is 8.93. The Labute approximate surface area is 111 Å². The number of hydrogen-bond acceptors (Lipinski definition) is 6. The minimum Gasteiger partial charge on any atom is -0.394 e. The van der Waals surface area contributed by atoms with Gasteiger partial charge in [-0.1, -0.05) is 0 Å². The molecule has 0 radical (unpaired) electrons. The fraction of sp³-hybridized carbons (Fsp3) is 0.667. The van der Waals surface area contributed by atoms with E-state index >= 15 is 0 Å². The molecule has 0 aromatic carbocycles. The van der Waals surface area contributed by atoms with Crippen LogP contribution in [-0.2, 0) is 4.74 Å². The monoisotopic (exact) mass is 269 g/mol. The molecule has 0 aliphatic carbocycles. The Morgan fingerprint density at radius 2 is 2.26 bits per heavy atom. The van der Waals surface area contributed by atoms with Crippen LogP contribution in [0.25, 0.3) is 0 Å². The van der Waals surface area contributed by atoms with Crippen molar-refractivity contribution in [2.75, 3.05) is 25.6 Å². The Kier molecular flexibility index (Phi) is 3.88. The minimum atomic E-state index is -0.768. The van der Waals surface area contributed by atoms with Crippen molar-refractivity contribution in [2.45, 2.75) is 31.8 Å². The number of aliphatic hydroxyl groups is 2. The van der Waals surface area contributed by atoms with Gasteiger partial charge in [-0.15, -0.1) is 0 Å². The molecule has 0 bridgehead atoms. The number of aryl methyl sites for hydroxylation is 1. The Morgan fingerprint density at radius 1 is 1.58 bits per heavy atom. The molecule has 3 atom stereocenters. The van der Waals surface area contributed by atoms with E-state index in [2.05, 4.69) is 4.98 Å². The van der Waals surface area contributed by atoms with Gasteiger partial charge in [0.05, 0.1) is 12.7 Å². The van der Waals surface area contributed by atoms with Gasteiger partial charge >= 0.3 is 5.69 Å². The molecular formula is C12H19N3O4. The molecule has 7 nitrogen and oxygen atoms in total. The lowest BCUT2D eigenvalue weighted by Gasteiger charge is -2.18. The van der Waals surface area contributed by atoms with Crippen molar-refractivity contribution in [1.82, 2.24) is 9.55 Å². The summed E-state index contributed by atoms with van der Waals surface area (Å²) < 4.78 is 6.82. The zero-order chi connectivity index (χ0) is 14.2. The van der Waals surface area contributed by atoms with Gasteiger partial charge < -0.3 is 19.8 Å². The molecule has 0 saturated carbocycles. The fourth-order valence-corrected chi connectivity index (χ4v) is 2.27. The van der Waals surface area contributed by atoms with E-state index in [-0.39, 0.29) is 13.0 Å². The number of rotatable bonds is 3. The zero-order valence-corrected chi connectivity index (χ0v) is 11.3. The summed E-state index contributed by atoms with van der Waals surface area (Å²) in [5, 5.41) is 18.7. The number of nitrogens with zero attached hydrogens (tertiary/aromatic N) is 3. The quantitative estimate of drug-likeness (QED) is 0.751. The van der Waals surface area contributed by atoms with Crippen molar-refractivity contribution in [1.29, 1.82) is 0 Å². The highest BCUT2D eigenvalue weighted by atomic mass is 16.5. The van der Waals surface area contributed by atoms with Gasteiger partial charge in [-0.25, -0.2) is 4.79 Å². The summed E-state index contributed by atoms with van der Waals surface area (Å²) in [6.07, 6.45) is -0.0569. The van der Waals surface area contributed by atoms with E-state index in [9.17, 15) is 9.90 Å². The van der Waals surface area contributed by atoms with Crippen molar-refractivity contribution < 1.29 is 14.9 Å². The number of hydrogen-bond donors (Lipinski definition) is 2. The first-order valence-electron chi connectivity index (χ1n) is 6.15. The largest absolute Gasteiger partial charge is 0.394 e. The Hall–Kier alpha value is -1.44. The molecule has 106 valence electrons. The van der Waals surface area contributed by atoms with E-state index in [1.807, 2.05) is 21.0 Å². The van der Waals surface area contributed by atoms with E-state index in [0.717, 1.165) is 5.56 Å². The smallest absolute Gasteiger partial charge is 0.351 e. The van der Waals surface area contributed by atoms with E-state index in [1.165, 1.54) is 4.57 Å². The van der Waals surface area contributed by atoms with Crippen molar-refractivity contribution in [3.8, 4) is 0 Å². The molecule has 1 fully saturated rings. The van der Waals surface area contributed by atoms with E-state index in [1.54, 1.807) is 11.1 Å². The van der Waals surface area contributed by atoms with Gasteiger partial charge in [-0.2, -0.15) is 4.98 Å². The molecule has 1 saturated heterocycles. The molecule has 1 aliphatic heterocycles. The highest BCUT2D eigenvalue weighted by molar-refractivity contribution is 5.42. The summed E-state index contributed by atoms with van der Waals surface area (Å²) in [6, 6.07) is 0. The van der Waals surface area contributed by atoms with Crippen LogP contribution in [-0.4, -0.2) is 52.7 Å². The third-order valence-corrected chi connectivity index (χ3v) is 3.23. The van der Waals surface area contributed by atoms with Crippen LogP contribution in [0.1, 0.15) is 18.2 Å². The van der Waals surface area contributed by atoms with Gasteiger partial charge in [0.25, 0.3) is 0 Å². The van der Waals surface area contributed by atoms with Crippen LogP contribution in [0.4, 0.5) is 5.82 Å². The molecule has 1 aliphatic rings. The second-order valence-electron chi connectivity index (χ2n) is 4.95. The summed E-state index contributed by atoms with van der Waals surface area (Å²) in [6.45, 7) is 1.59. The van der Waals surface area contributed by atoms with Crippen LogP contribution in [0.2, 0.25) is 0 Å². The Bertz CT molecular complexity index is 514. The lowest BCUT2D eigenvalue weighted by atomic mass is 10.2. The molecule has 2 N–H and O–H groups in total. The van der Waals surface area contributed by atoms with Crippen LogP contribution in [0.5, 0.6) is 0 Å². The Balaban J connectivity index is 2.32. The van der Waals surface area contributed by atoms with Gasteiger partial charge in [-0.3, -0.25) is 4.57 Å². The van der Waals surface area contributed by atoms with E-state index in [0.29, 0.717) is 5.82 Å². The number of ether oxygens (including phenoxy) is 1. The van der Waals surface area contributed by atoms with E-state index < -0.39 is 24.1 Å². The zero-order valence-electron chi connectivity index (χ0n) is 11.3. The highest BCUT2D eigenvalue weighted by Gasteiger charge is 2.35. The second-order valence-corrected chi connectivity index (χ2v) is 4.95. The first kappa shape index (κ1) is 14.0. The lowest BCUT2D eigenvalue weighted by Crippen LogP contribution is -2.30. The maximum absolute atomic E-state index is 12.0. The maximum Gasteiger partial charge on any atom is 0.351 e. The normalized spacial score (nSPS) is 26.7. The van der Waals surface area contributed by atoms with Gasteiger partial charge in [0, 0.05) is 32.3 Å². The molecule has 0 amide bonds. The van der Waals surface area contributed by atoms with Gasteiger partial charge in [0.1, 0.15) is 18.1 Å². The van der Waals surface area contributed by atoms with E-state index in [4.69, 9.17) is 9.84 Å². The number of aliphatic hydroxyl groups excluding tert-OH is 2. The second kappa shape index (κ2) is 5.28. The average molecular weight is 269 g/mol. The highest BCUT2D eigenvalue weighted by Crippen LogP contribution is 2.28. The molecule has 0 unspecified atom stereocenters. The SMILES string of the molecule is Cc1cn([C@H]2C[C@H](O)[C@@H](CO)O2)c(=O)nc1N(C)C. The topological polar surface area (TPSA) is 87.8 Å². The van der Waals surface area contributed by atoms with Crippen LogP contribution < -0.4 is 10.6 Å². The van der Waals surface area contributed by atoms with Crippen LogP contribution in [0, 0.1) is 6.92 Å². The van der Waals surface area contributed by atoms with Crippen molar-refractivity contribution in [2.24, 2.45) is 0 Å². The average Bonchev–Trinajstić information content (AvgIpc) is 2.72.